The molecule has 0 radical (unpaired) electrons. The van der Waals surface area contributed by atoms with Crippen LogP contribution >= 0.6 is 33.3 Å². The summed E-state index contributed by atoms with van der Waals surface area (Å²) in [6, 6.07) is 0. The summed E-state index contributed by atoms with van der Waals surface area (Å²) in [6.07, 6.45) is 1.31. The van der Waals surface area contributed by atoms with Crippen molar-refractivity contribution in [1.29, 1.82) is 0 Å². The Morgan fingerprint density at radius 3 is 3.00 bits per heavy atom. The van der Waals surface area contributed by atoms with E-state index in [0.717, 1.165) is 4.58 Å². The van der Waals surface area contributed by atoms with Gasteiger partial charge in [0.1, 0.15) is 0 Å². The van der Waals surface area contributed by atoms with E-state index in [1.165, 1.54) is 17.9 Å². The van der Waals surface area contributed by atoms with E-state index in [1.54, 1.807) is 0 Å². The third kappa shape index (κ3) is 3.15. The van der Waals surface area contributed by atoms with Gasteiger partial charge in [0.05, 0.1) is 4.58 Å². The Kier molecular flexibility index (Phi) is 3.55. The van der Waals surface area contributed by atoms with Crippen LogP contribution < -0.4 is 0 Å². The molecule has 0 bridgehead atoms. The van der Waals surface area contributed by atoms with E-state index in [4.69, 9.17) is 0 Å². The number of hydrogen-bond acceptors (Lipinski definition) is 3. The minimum absolute atomic E-state index is 0.951. The van der Waals surface area contributed by atoms with Crippen molar-refractivity contribution in [3.8, 4) is 0 Å². The SMILES string of the molecule is CCCSSC1CS1. The summed E-state index contributed by atoms with van der Waals surface area (Å²) in [5, 5.41) is 0. The minimum Gasteiger partial charge on any atom is -0.144 e. The van der Waals surface area contributed by atoms with E-state index >= 15 is 0 Å². The second kappa shape index (κ2) is 3.96. The normalized spacial score (nSPS) is 25.9. The first-order valence-electron chi connectivity index (χ1n) is 2.83. The van der Waals surface area contributed by atoms with Gasteiger partial charge in [0.15, 0.2) is 0 Å². The van der Waals surface area contributed by atoms with Crippen molar-refractivity contribution in [1.82, 2.24) is 0 Å². The Bertz CT molecular complexity index is 60.7. The summed E-state index contributed by atoms with van der Waals surface area (Å²) in [5.74, 6) is 2.71. The Hall–Kier alpha value is 1.05. The minimum atomic E-state index is 0.951. The maximum Gasteiger partial charge on any atom is 0.0697 e. The topological polar surface area (TPSA) is 0 Å². The summed E-state index contributed by atoms with van der Waals surface area (Å²) >= 11 is 2.06. The molecule has 1 unspecified atom stereocenters. The van der Waals surface area contributed by atoms with Crippen molar-refractivity contribution in [3.05, 3.63) is 0 Å². The molecule has 0 aromatic heterocycles. The van der Waals surface area contributed by atoms with Gasteiger partial charge in [-0.2, -0.15) is 0 Å². The summed E-state index contributed by atoms with van der Waals surface area (Å²) in [6.45, 7) is 2.23. The molecule has 0 aromatic rings. The molecule has 0 amide bonds. The lowest BCUT2D eigenvalue weighted by molar-refractivity contribution is 1.11. The molecule has 1 rings (SSSR count). The van der Waals surface area contributed by atoms with Gasteiger partial charge in [-0.1, -0.05) is 28.5 Å². The van der Waals surface area contributed by atoms with Gasteiger partial charge in [-0.3, -0.25) is 0 Å². The maximum atomic E-state index is 2.23. The Balaban J connectivity index is 1.74. The van der Waals surface area contributed by atoms with Gasteiger partial charge in [0, 0.05) is 11.5 Å². The second-order valence-electron chi connectivity index (χ2n) is 1.68. The molecule has 0 N–H and O–H groups in total. The predicted molar refractivity (Wildman–Crippen MR) is 46.6 cm³/mol. The fourth-order valence-electron chi connectivity index (χ4n) is 0.302. The van der Waals surface area contributed by atoms with Crippen molar-refractivity contribution < 1.29 is 0 Å². The maximum absolute atomic E-state index is 2.23. The fraction of sp³-hybridized carbons (Fsp3) is 1.00. The zero-order valence-corrected chi connectivity index (χ0v) is 7.37. The zero-order chi connectivity index (χ0) is 5.82. The molecule has 1 aliphatic heterocycles. The zero-order valence-electron chi connectivity index (χ0n) is 4.92. The van der Waals surface area contributed by atoms with Gasteiger partial charge in [-0.25, -0.2) is 0 Å². The highest BCUT2D eigenvalue weighted by Gasteiger charge is 2.22. The van der Waals surface area contributed by atoms with Crippen LogP contribution in [0.2, 0.25) is 0 Å². The molecule has 0 spiro atoms. The van der Waals surface area contributed by atoms with Crippen LogP contribution in [0.15, 0.2) is 0 Å². The molecule has 48 valence electrons. The van der Waals surface area contributed by atoms with Crippen LogP contribution in [0.25, 0.3) is 0 Å². The highest BCUT2D eigenvalue weighted by molar-refractivity contribution is 8.79. The van der Waals surface area contributed by atoms with E-state index in [1.807, 2.05) is 21.6 Å². The van der Waals surface area contributed by atoms with E-state index in [9.17, 15) is 0 Å². The summed E-state index contributed by atoms with van der Waals surface area (Å²) in [4.78, 5) is 0. The van der Waals surface area contributed by atoms with E-state index in [2.05, 4.69) is 18.7 Å². The van der Waals surface area contributed by atoms with Crippen molar-refractivity contribution in [2.24, 2.45) is 0 Å². The molecule has 8 heavy (non-hydrogen) atoms. The molecule has 1 heterocycles. The van der Waals surface area contributed by atoms with Gasteiger partial charge >= 0.3 is 0 Å². The van der Waals surface area contributed by atoms with Crippen LogP contribution in [0, 0.1) is 0 Å². The van der Waals surface area contributed by atoms with Gasteiger partial charge in [-0.05, 0) is 6.42 Å². The number of hydrogen-bond donors (Lipinski definition) is 0. The number of rotatable bonds is 4. The monoisotopic (exact) mass is 166 g/mol. The van der Waals surface area contributed by atoms with E-state index in [0.29, 0.717) is 0 Å². The van der Waals surface area contributed by atoms with Crippen molar-refractivity contribution in [3.63, 3.8) is 0 Å². The first kappa shape index (κ1) is 7.16. The highest BCUT2D eigenvalue weighted by atomic mass is 33.1. The summed E-state index contributed by atoms with van der Waals surface area (Å²) in [5.41, 5.74) is 0. The van der Waals surface area contributed by atoms with Crippen molar-refractivity contribution in [2.45, 2.75) is 17.9 Å². The lowest BCUT2D eigenvalue weighted by Gasteiger charge is -1.91. The molecular formula is C5H10S3. The first-order chi connectivity index (χ1) is 3.93. The Morgan fingerprint density at radius 1 is 1.75 bits per heavy atom. The van der Waals surface area contributed by atoms with Crippen LogP contribution in [-0.2, 0) is 0 Å². The van der Waals surface area contributed by atoms with Gasteiger partial charge < -0.3 is 0 Å². The first-order valence-corrected chi connectivity index (χ1v) is 6.26. The molecule has 0 saturated carbocycles. The summed E-state index contributed by atoms with van der Waals surface area (Å²) in [7, 11) is 4.07. The average Bonchev–Trinajstić information content (AvgIpc) is 2.51. The highest BCUT2D eigenvalue weighted by Crippen LogP contribution is 2.45. The second-order valence-corrected chi connectivity index (χ2v) is 5.91. The molecule has 1 saturated heterocycles. The Morgan fingerprint density at radius 2 is 2.50 bits per heavy atom. The predicted octanol–water partition coefficient (Wildman–Crippen LogP) is 2.85. The van der Waals surface area contributed by atoms with Crippen LogP contribution in [-0.4, -0.2) is 16.1 Å². The molecular weight excluding hydrogens is 156 g/mol. The van der Waals surface area contributed by atoms with Crippen LogP contribution in [0.3, 0.4) is 0 Å². The summed E-state index contributed by atoms with van der Waals surface area (Å²) < 4.78 is 0.951. The Labute approximate surface area is 63.0 Å². The van der Waals surface area contributed by atoms with Crippen molar-refractivity contribution >= 4 is 33.3 Å². The molecule has 1 fully saturated rings. The molecule has 3 heteroatoms. The van der Waals surface area contributed by atoms with Gasteiger partial charge in [0.25, 0.3) is 0 Å². The standard InChI is InChI=1S/C5H10S3/c1-2-3-7-8-5-4-6-5/h5H,2-4H2,1H3. The molecule has 1 aliphatic rings. The van der Waals surface area contributed by atoms with Crippen LogP contribution in [0.4, 0.5) is 0 Å². The molecule has 0 nitrogen and oxygen atoms in total. The quantitative estimate of drug-likeness (QED) is 0.358. The molecule has 1 atom stereocenters. The average molecular weight is 166 g/mol. The molecule has 0 aromatic carbocycles. The van der Waals surface area contributed by atoms with Crippen molar-refractivity contribution in [2.75, 3.05) is 11.5 Å². The fourth-order valence-corrected chi connectivity index (χ4v) is 4.22. The van der Waals surface area contributed by atoms with Crippen LogP contribution in [0.5, 0.6) is 0 Å². The number of thioether (sulfide) groups is 1. The van der Waals surface area contributed by atoms with Gasteiger partial charge in [0.2, 0.25) is 0 Å². The van der Waals surface area contributed by atoms with Gasteiger partial charge in [-0.15, -0.1) is 11.8 Å². The van der Waals surface area contributed by atoms with E-state index < -0.39 is 0 Å². The third-order valence-electron chi connectivity index (χ3n) is 0.766. The van der Waals surface area contributed by atoms with Crippen LogP contribution in [0.1, 0.15) is 13.3 Å². The molecule has 0 aliphatic carbocycles. The third-order valence-corrected chi connectivity index (χ3v) is 5.37. The lowest BCUT2D eigenvalue weighted by Crippen LogP contribution is -1.70. The van der Waals surface area contributed by atoms with E-state index in [-0.39, 0.29) is 0 Å². The largest absolute Gasteiger partial charge is 0.144 e. The lowest BCUT2D eigenvalue weighted by atomic mass is 10.6. The smallest absolute Gasteiger partial charge is 0.0697 e.